The quantitative estimate of drug-likeness (QED) is 0.919. The van der Waals surface area contributed by atoms with Crippen molar-refractivity contribution in [2.75, 3.05) is 12.4 Å². The van der Waals surface area contributed by atoms with Crippen molar-refractivity contribution in [3.05, 3.63) is 40.4 Å². The smallest absolute Gasteiger partial charge is 0.202 e. The molecule has 2 rings (SSSR count). The molecular formula is C10H9ClFN3S. The van der Waals surface area contributed by atoms with Gasteiger partial charge in [-0.05, 0) is 11.6 Å². The van der Waals surface area contributed by atoms with Gasteiger partial charge in [-0.25, -0.2) is 9.37 Å². The van der Waals surface area contributed by atoms with E-state index in [4.69, 9.17) is 11.6 Å². The molecule has 0 atom stereocenters. The van der Waals surface area contributed by atoms with Gasteiger partial charge in [-0.15, -0.1) is 0 Å². The Morgan fingerprint density at radius 3 is 3.00 bits per heavy atom. The second-order valence-electron chi connectivity index (χ2n) is 3.16. The molecule has 0 radical (unpaired) electrons. The summed E-state index contributed by atoms with van der Waals surface area (Å²) in [6.45, 7) is 0. The lowest BCUT2D eigenvalue weighted by Crippen LogP contribution is -1.95. The summed E-state index contributed by atoms with van der Waals surface area (Å²) in [5, 5.41) is 3.73. The van der Waals surface area contributed by atoms with E-state index >= 15 is 0 Å². The Bertz CT molecular complexity index is 501. The Hall–Kier alpha value is -1.20. The zero-order valence-corrected chi connectivity index (χ0v) is 10.1. The molecular weight excluding hydrogens is 249 g/mol. The first-order valence-electron chi connectivity index (χ1n) is 4.64. The zero-order valence-electron chi connectivity index (χ0n) is 8.50. The molecule has 0 amide bonds. The monoisotopic (exact) mass is 257 g/mol. The lowest BCUT2D eigenvalue weighted by molar-refractivity contribution is 0.613. The van der Waals surface area contributed by atoms with E-state index in [1.54, 1.807) is 19.2 Å². The highest BCUT2D eigenvalue weighted by Gasteiger charge is 2.10. The summed E-state index contributed by atoms with van der Waals surface area (Å²) in [6, 6.07) is 4.92. The third-order valence-electron chi connectivity index (χ3n) is 2.06. The minimum atomic E-state index is -0.398. The lowest BCUT2D eigenvalue weighted by Gasteiger charge is -2.01. The van der Waals surface area contributed by atoms with E-state index in [1.165, 1.54) is 17.6 Å². The van der Waals surface area contributed by atoms with E-state index in [-0.39, 0.29) is 5.02 Å². The molecule has 0 saturated heterocycles. The van der Waals surface area contributed by atoms with Crippen molar-refractivity contribution in [3.63, 3.8) is 0 Å². The van der Waals surface area contributed by atoms with Crippen LogP contribution in [0.2, 0.25) is 5.02 Å². The molecule has 0 unspecified atom stereocenters. The first-order chi connectivity index (χ1) is 7.70. The number of nitrogens with zero attached hydrogens (tertiary/aromatic N) is 2. The largest absolute Gasteiger partial charge is 0.363 e. The number of nitrogens with one attached hydrogen (secondary N) is 1. The van der Waals surface area contributed by atoms with Crippen LogP contribution in [0.15, 0.2) is 18.2 Å². The molecule has 0 aliphatic heterocycles. The molecule has 84 valence electrons. The fourth-order valence-corrected chi connectivity index (χ4v) is 2.01. The third-order valence-corrected chi connectivity index (χ3v) is 3.12. The van der Waals surface area contributed by atoms with Crippen molar-refractivity contribution < 1.29 is 4.39 Å². The van der Waals surface area contributed by atoms with Crippen LogP contribution >= 0.6 is 23.1 Å². The van der Waals surface area contributed by atoms with Gasteiger partial charge >= 0.3 is 0 Å². The standard InChI is InChI=1S/C10H9ClFN3S/c1-13-10-14-8(15-16-10)5-6-3-2-4-7(11)9(6)12/h2-4H,5H2,1H3,(H,13,14,15). The number of anilines is 1. The second-order valence-corrected chi connectivity index (χ2v) is 4.31. The maximum absolute atomic E-state index is 13.6. The fourth-order valence-electron chi connectivity index (χ4n) is 1.28. The molecule has 1 N–H and O–H groups in total. The molecule has 6 heteroatoms. The van der Waals surface area contributed by atoms with Crippen LogP contribution < -0.4 is 5.32 Å². The van der Waals surface area contributed by atoms with Crippen LogP contribution in [0.5, 0.6) is 0 Å². The minimum absolute atomic E-state index is 0.126. The van der Waals surface area contributed by atoms with Crippen LogP contribution in [0.4, 0.5) is 9.52 Å². The van der Waals surface area contributed by atoms with Crippen molar-refractivity contribution in [1.82, 2.24) is 9.36 Å². The Balaban J connectivity index is 2.23. The molecule has 0 saturated carbocycles. The third kappa shape index (κ3) is 2.31. The van der Waals surface area contributed by atoms with E-state index in [2.05, 4.69) is 14.7 Å². The van der Waals surface area contributed by atoms with Crippen LogP contribution in [0.3, 0.4) is 0 Å². The summed E-state index contributed by atoms with van der Waals surface area (Å²) in [5.41, 5.74) is 0.507. The number of benzene rings is 1. The SMILES string of the molecule is CNc1nc(Cc2cccc(Cl)c2F)ns1. The lowest BCUT2D eigenvalue weighted by atomic mass is 10.1. The summed E-state index contributed by atoms with van der Waals surface area (Å²) < 4.78 is 17.7. The van der Waals surface area contributed by atoms with Gasteiger partial charge in [-0.2, -0.15) is 4.37 Å². The van der Waals surface area contributed by atoms with E-state index in [0.29, 0.717) is 17.8 Å². The number of halogens is 2. The molecule has 0 spiro atoms. The van der Waals surface area contributed by atoms with Gasteiger partial charge in [0.25, 0.3) is 0 Å². The van der Waals surface area contributed by atoms with Crippen LogP contribution in [0.25, 0.3) is 0 Å². The molecule has 2 aromatic rings. The molecule has 0 aliphatic rings. The number of hydrogen-bond acceptors (Lipinski definition) is 4. The van der Waals surface area contributed by atoms with Gasteiger partial charge in [-0.1, -0.05) is 23.7 Å². The van der Waals surface area contributed by atoms with Crippen LogP contribution in [0.1, 0.15) is 11.4 Å². The molecule has 1 aromatic carbocycles. The highest BCUT2D eigenvalue weighted by atomic mass is 35.5. The highest BCUT2D eigenvalue weighted by molar-refractivity contribution is 7.09. The number of rotatable bonds is 3. The molecule has 0 fully saturated rings. The zero-order chi connectivity index (χ0) is 11.5. The Kier molecular flexibility index (Phi) is 3.36. The van der Waals surface area contributed by atoms with Crippen molar-refractivity contribution in [1.29, 1.82) is 0 Å². The van der Waals surface area contributed by atoms with Crippen molar-refractivity contribution in [2.45, 2.75) is 6.42 Å². The van der Waals surface area contributed by atoms with Crippen LogP contribution in [0, 0.1) is 5.82 Å². The van der Waals surface area contributed by atoms with E-state index in [1.807, 2.05) is 0 Å². The van der Waals surface area contributed by atoms with Crippen LogP contribution in [-0.4, -0.2) is 16.4 Å². The normalized spacial score (nSPS) is 10.4. The van der Waals surface area contributed by atoms with Gasteiger partial charge in [0.15, 0.2) is 0 Å². The van der Waals surface area contributed by atoms with Gasteiger partial charge in [0.05, 0.1) is 5.02 Å². The van der Waals surface area contributed by atoms with Gasteiger partial charge < -0.3 is 5.32 Å². The second kappa shape index (κ2) is 4.76. The van der Waals surface area contributed by atoms with Crippen molar-refractivity contribution >= 4 is 28.3 Å². The predicted molar refractivity (Wildman–Crippen MR) is 63.7 cm³/mol. The molecule has 1 aromatic heterocycles. The Labute approximate surface area is 101 Å². The Morgan fingerprint density at radius 2 is 2.31 bits per heavy atom. The number of hydrogen-bond donors (Lipinski definition) is 1. The Morgan fingerprint density at radius 1 is 1.50 bits per heavy atom. The highest BCUT2D eigenvalue weighted by Crippen LogP contribution is 2.20. The molecule has 0 bridgehead atoms. The molecule has 1 heterocycles. The van der Waals surface area contributed by atoms with Gasteiger partial charge in [0.1, 0.15) is 11.6 Å². The maximum Gasteiger partial charge on any atom is 0.202 e. The summed E-state index contributed by atoms with van der Waals surface area (Å²) in [5.74, 6) is 0.195. The van der Waals surface area contributed by atoms with Crippen LogP contribution in [-0.2, 0) is 6.42 Å². The maximum atomic E-state index is 13.6. The average molecular weight is 258 g/mol. The summed E-state index contributed by atoms with van der Waals surface area (Å²) in [7, 11) is 1.77. The van der Waals surface area contributed by atoms with E-state index in [9.17, 15) is 4.39 Å². The summed E-state index contributed by atoms with van der Waals surface area (Å²) in [6.07, 6.45) is 0.352. The van der Waals surface area contributed by atoms with E-state index in [0.717, 1.165) is 5.13 Å². The summed E-state index contributed by atoms with van der Waals surface area (Å²) in [4.78, 5) is 4.18. The topological polar surface area (TPSA) is 37.8 Å². The first kappa shape index (κ1) is 11.3. The van der Waals surface area contributed by atoms with Crippen molar-refractivity contribution in [2.24, 2.45) is 0 Å². The predicted octanol–water partition coefficient (Wildman–Crippen LogP) is 2.96. The van der Waals surface area contributed by atoms with Crippen molar-refractivity contribution in [3.8, 4) is 0 Å². The van der Waals surface area contributed by atoms with E-state index < -0.39 is 5.82 Å². The number of aromatic nitrogens is 2. The fraction of sp³-hybridized carbons (Fsp3) is 0.200. The first-order valence-corrected chi connectivity index (χ1v) is 5.79. The molecule has 16 heavy (non-hydrogen) atoms. The van der Waals surface area contributed by atoms with Gasteiger partial charge in [0.2, 0.25) is 5.13 Å². The van der Waals surface area contributed by atoms with Gasteiger partial charge in [-0.3, -0.25) is 0 Å². The summed E-state index contributed by atoms with van der Waals surface area (Å²) >= 11 is 6.94. The van der Waals surface area contributed by atoms with Gasteiger partial charge in [0, 0.05) is 25.0 Å². The molecule has 3 nitrogen and oxygen atoms in total. The molecule has 0 aliphatic carbocycles. The average Bonchev–Trinajstić information content (AvgIpc) is 2.73. The minimum Gasteiger partial charge on any atom is -0.363 e.